The van der Waals surface area contributed by atoms with E-state index in [1.807, 2.05) is 0 Å². The second-order valence-electron chi connectivity index (χ2n) is 6.23. The molecule has 0 spiro atoms. The van der Waals surface area contributed by atoms with Gasteiger partial charge >= 0.3 is 0 Å². The van der Waals surface area contributed by atoms with E-state index in [9.17, 15) is 0 Å². The van der Waals surface area contributed by atoms with E-state index in [-0.39, 0.29) is 0 Å². The monoisotopic (exact) mass is 291 g/mol. The molecule has 1 aliphatic rings. The maximum Gasteiger partial charge on any atom is 0.194 e. The van der Waals surface area contributed by atoms with Crippen molar-refractivity contribution in [2.45, 2.75) is 59.5 Å². The first kappa shape index (κ1) is 14.1. The quantitative estimate of drug-likeness (QED) is 0.925. The van der Waals surface area contributed by atoms with Crippen LogP contribution in [0.25, 0.3) is 4.96 Å². The van der Waals surface area contributed by atoms with Gasteiger partial charge in [0.1, 0.15) is 0 Å². The van der Waals surface area contributed by atoms with Crippen LogP contribution in [0.4, 0.5) is 0 Å². The normalized spacial score (nSPS) is 26.7. The molecule has 0 aromatic carbocycles. The molecule has 1 aliphatic carbocycles. The summed E-state index contributed by atoms with van der Waals surface area (Å²) >= 11 is 1.74. The third-order valence-electron chi connectivity index (χ3n) is 5.11. The Labute approximate surface area is 125 Å². The zero-order valence-electron chi connectivity index (χ0n) is 12.9. The van der Waals surface area contributed by atoms with Crippen molar-refractivity contribution in [2.75, 3.05) is 0 Å². The van der Waals surface area contributed by atoms with Gasteiger partial charge in [0.2, 0.25) is 0 Å². The Bertz CT molecular complexity index is 598. The van der Waals surface area contributed by atoms with Crippen molar-refractivity contribution in [3.8, 4) is 0 Å². The fraction of sp³-hybridized carbons (Fsp3) is 0.688. The first-order valence-corrected chi connectivity index (χ1v) is 8.65. The van der Waals surface area contributed by atoms with E-state index in [2.05, 4.69) is 47.8 Å². The van der Waals surface area contributed by atoms with Gasteiger partial charge in [-0.15, -0.1) is 11.3 Å². The molecule has 0 bridgehead atoms. The van der Waals surface area contributed by atoms with Crippen molar-refractivity contribution < 1.29 is 0 Å². The summed E-state index contributed by atoms with van der Waals surface area (Å²) in [5, 5.41) is 5.98. The summed E-state index contributed by atoms with van der Waals surface area (Å²) in [6.07, 6.45) is 4.02. The molecule has 1 saturated carbocycles. The highest BCUT2D eigenvalue weighted by molar-refractivity contribution is 7.15. The van der Waals surface area contributed by atoms with E-state index in [1.54, 1.807) is 11.3 Å². The largest absolute Gasteiger partial charge is 0.308 e. The lowest BCUT2D eigenvalue weighted by molar-refractivity contribution is 0.343. The third-order valence-corrected chi connectivity index (χ3v) is 6.06. The lowest BCUT2D eigenvalue weighted by Crippen LogP contribution is -2.32. The zero-order valence-corrected chi connectivity index (χ0v) is 13.8. The first-order chi connectivity index (χ1) is 9.61. The molecule has 3 rings (SSSR count). The standard InChI is InChI=1S/C16H25N3S/c1-5-13-6-7-14(11(13)3)17-8-15-12(4)18-16-19(15)10(2)9-20-16/h9,11,13-14,17H,5-8H2,1-4H3. The van der Waals surface area contributed by atoms with Crippen LogP contribution in [0.15, 0.2) is 5.38 Å². The summed E-state index contributed by atoms with van der Waals surface area (Å²) in [5.41, 5.74) is 3.81. The molecule has 4 heteroatoms. The van der Waals surface area contributed by atoms with Gasteiger partial charge in [0.15, 0.2) is 4.96 Å². The summed E-state index contributed by atoms with van der Waals surface area (Å²) in [6, 6.07) is 0.670. The van der Waals surface area contributed by atoms with Crippen LogP contribution >= 0.6 is 11.3 Å². The number of fused-ring (bicyclic) bond motifs is 1. The van der Waals surface area contributed by atoms with Crippen LogP contribution in [0.2, 0.25) is 0 Å². The Morgan fingerprint density at radius 2 is 2.20 bits per heavy atom. The number of hydrogen-bond acceptors (Lipinski definition) is 3. The Balaban J connectivity index is 1.74. The third kappa shape index (κ3) is 2.29. The van der Waals surface area contributed by atoms with Crippen molar-refractivity contribution >= 4 is 16.3 Å². The molecule has 1 N–H and O–H groups in total. The molecular formula is C16H25N3S. The number of imidazole rings is 1. The van der Waals surface area contributed by atoms with E-state index in [0.717, 1.165) is 23.3 Å². The smallest absolute Gasteiger partial charge is 0.194 e. The van der Waals surface area contributed by atoms with Gasteiger partial charge in [-0.3, -0.25) is 4.40 Å². The second kappa shape index (κ2) is 5.49. The Morgan fingerprint density at radius 1 is 1.40 bits per heavy atom. The first-order valence-electron chi connectivity index (χ1n) is 7.77. The topological polar surface area (TPSA) is 29.3 Å². The molecule has 1 fully saturated rings. The van der Waals surface area contributed by atoms with Gasteiger partial charge in [0.25, 0.3) is 0 Å². The van der Waals surface area contributed by atoms with Gasteiger partial charge in [0.05, 0.1) is 11.4 Å². The highest BCUT2D eigenvalue weighted by Gasteiger charge is 2.31. The maximum atomic E-state index is 4.67. The van der Waals surface area contributed by atoms with Gasteiger partial charge in [-0.1, -0.05) is 20.3 Å². The van der Waals surface area contributed by atoms with Crippen molar-refractivity contribution in [3.63, 3.8) is 0 Å². The number of rotatable bonds is 4. The summed E-state index contributed by atoms with van der Waals surface area (Å²) in [4.78, 5) is 5.80. The number of hydrogen-bond donors (Lipinski definition) is 1. The Kier molecular flexibility index (Phi) is 3.87. The molecule has 2 aromatic heterocycles. The molecule has 0 amide bonds. The number of aromatic nitrogens is 2. The number of aryl methyl sites for hydroxylation is 2. The van der Waals surface area contributed by atoms with E-state index in [0.29, 0.717) is 6.04 Å². The molecule has 2 aromatic rings. The lowest BCUT2D eigenvalue weighted by Gasteiger charge is -2.21. The van der Waals surface area contributed by atoms with E-state index in [1.165, 1.54) is 36.3 Å². The predicted molar refractivity (Wildman–Crippen MR) is 85.3 cm³/mol. The average molecular weight is 291 g/mol. The molecule has 2 heterocycles. The maximum absolute atomic E-state index is 4.67. The van der Waals surface area contributed by atoms with Gasteiger partial charge in [-0.2, -0.15) is 0 Å². The minimum atomic E-state index is 0.670. The van der Waals surface area contributed by atoms with Crippen LogP contribution in [0.1, 0.15) is 50.2 Å². The summed E-state index contributed by atoms with van der Waals surface area (Å²) < 4.78 is 2.31. The minimum Gasteiger partial charge on any atom is -0.308 e. The van der Waals surface area contributed by atoms with Crippen LogP contribution in [0.3, 0.4) is 0 Å². The van der Waals surface area contributed by atoms with Crippen LogP contribution < -0.4 is 5.32 Å². The van der Waals surface area contributed by atoms with Crippen molar-refractivity contribution in [3.05, 3.63) is 22.5 Å². The lowest BCUT2D eigenvalue weighted by atomic mass is 9.93. The summed E-state index contributed by atoms with van der Waals surface area (Å²) in [5.74, 6) is 1.70. The Morgan fingerprint density at radius 3 is 2.90 bits per heavy atom. The highest BCUT2D eigenvalue weighted by Crippen LogP contribution is 2.34. The summed E-state index contributed by atoms with van der Waals surface area (Å²) in [6.45, 7) is 9.97. The predicted octanol–water partition coefficient (Wildman–Crippen LogP) is 3.93. The molecule has 110 valence electrons. The second-order valence-corrected chi connectivity index (χ2v) is 7.07. The van der Waals surface area contributed by atoms with Crippen LogP contribution in [0, 0.1) is 25.7 Å². The number of thiazole rings is 1. The molecule has 3 atom stereocenters. The molecule has 0 saturated heterocycles. The minimum absolute atomic E-state index is 0.670. The van der Waals surface area contributed by atoms with Crippen LogP contribution in [0.5, 0.6) is 0 Å². The van der Waals surface area contributed by atoms with Gasteiger partial charge < -0.3 is 5.32 Å². The molecule has 0 aliphatic heterocycles. The van der Waals surface area contributed by atoms with Gasteiger partial charge in [0, 0.05) is 23.7 Å². The average Bonchev–Trinajstić information content (AvgIpc) is 3.05. The van der Waals surface area contributed by atoms with Crippen molar-refractivity contribution in [2.24, 2.45) is 11.8 Å². The molecule has 3 unspecified atom stereocenters. The van der Waals surface area contributed by atoms with Crippen LogP contribution in [-0.4, -0.2) is 15.4 Å². The fourth-order valence-electron chi connectivity index (χ4n) is 3.72. The molecule has 3 nitrogen and oxygen atoms in total. The van der Waals surface area contributed by atoms with Gasteiger partial charge in [-0.05, 0) is 38.5 Å². The zero-order chi connectivity index (χ0) is 14.3. The van der Waals surface area contributed by atoms with E-state index < -0.39 is 0 Å². The molecule has 20 heavy (non-hydrogen) atoms. The van der Waals surface area contributed by atoms with E-state index in [4.69, 9.17) is 0 Å². The highest BCUT2D eigenvalue weighted by atomic mass is 32.1. The summed E-state index contributed by atoms with van der Waals surface area (Å²) in [7, 11) is 0. The molecule has 0 radical (unpaired) electrons. The van der Waals surface area contributed by atoms with E-state index >= 15 is 0 Å². The number of nitrogens with zero attached hydrogens (tertiary/aromatic N) is 2. The Hall–Kier alpha value is -0.870. The van der Waals surface area contributed by atoms with Crippen molar-refractivity contribution in [1.82, 2.24) is 14.7 Å². The van der Waals surface area contributed by atoms with Crippen molar-refractivity contribution in [1.29, 1.82) is 0 Å². The SMILES string of the molecule is CCC1CCC(NCc2c(C)nc3scc(C)n23)C1C. The van der Waals surface area contributed by atoms with Crippen LogP contribution in [-0.2, 0) is 6.54 Å². The van der Waals surface area contributed by atoms with Gasteiger partial charge in [-0.25, -0.2) is 4.98 Å². The number of nitrogens with one attached hydrogen (secondary N) is 1. The fourth-order valence-corrected chi connectivity index (χ4v) is 4.65. The molecular weight excluding hydrogens is 266 g/mol.